The average Bonchev–Trinajstić information content (AvgIpc) is 1.84. The van der Waals surface area contributed by atoms with Crippen molar-refractivity contribution in [3.63, 3.8) is 0 Å². The number of hydrogen-bond acceptors (Lipinski definition) is 1. The van der Waals surface area contributed by atoms with E-state index in [1.807, 2.05) is 6.92 Å². The molecule has 0 saturated carbocycles. The molecule has 0 bridgehead atoms. The molecule has 0 spiro atoms. The first-order valence-electron chi connectivity index (χ1n) is 3.05. The summed E-state index contributed by atoms with van der Waals surface area (Å²) >= 11 is 0. The fourth-order valence-electron chi connectivity index (χ4n) is 0.490. The van der Waals surface area contributed by atoms with Gasteiger partial charge in [-0.25, -0.2) is 4.79 Å². The molecule has 0 aliphatic heterocycles. The first-order valence-corrected chi connectivity index (χ1v) is 5.28. The van der Waals surface area contributed by atoms with E-state index in [4.69, 9.17) is 5.11 Å². The molecule has 0 aromatic rings. The van der Waals surface area contributed by atoms with Crippen LogP contribution >= 0.6 is 7.92 Å². The lowest BCUT2D eigenvalue weighted by Gasteiger charge is -2.07. The molecule has 0 amide bonds. The Bertz CT molecular complexity index is 170. The third kappa shape index (κ3) is 2.49. The third-order valence-electron chi connectivity index (χ3n) is 1.53. The van der Waals surface area contributed by atoms with Crippen molar-refractivity contribution in [3.05, 3.63) is 10.9 Å². The van der Waals surface area contributed by atoms with Gasteiger partial charge in [0.2, 0.25) is 0 Å². The van der Waals surface area contributed by atoms with Crippen LogP contribution in [0.15, 0.2) is 10.9 Å². The van der Waals surface area contributed by atoms with Crippen LogP contribution in [-0.4, -0.2) is 24.4 Å². The zero-order chi connectivity index (χ0) is 8.31. The summed E-state index contributed by atoms with van der Waals surface area (Å²) in [6.07, 6.45) is 0. The van der Waals surface area contributed by atoms with Crippen LogP contribution < -0.4 is 0 Å². The van der Waals surface area contributed by atoms with E-state index in [0.717, 1.165) is 5.31 Å². The van der Waals surface area contributed by atoms with E-state index in [0.29, 0.717) is 5.57 Å². The lowest BCUT2D eigenvalue weighted by atomic mass is 10.3. The van der Waals surface area contributed by atoms with Crippen molar-refractivity contribution in [1.29, 1.82) is 0 Å². The molecule has 0 saturated heterocycles. The highest BCUT2D eigenvalue weighted by atomic mass is 31.1. The number of carbonyl (C=O) groups is 1. The van der Waals surface area contributed by atoms with Gasteiger partial charge in [-0.15, -0.1) is 0 Å². The number of carboxylic acid groups (broad SMARTS) is 1. The molecule has 3 heteroatoms. The summed E-state index contributed by atoms with van der Waals surface area (Å²) in [6.45, 7) is 7.64. The van der Waals surface area contributed by atoms with Crippen molar-refractivity contribution >= 4 is 13.9 Å². The second kappa shape index (κ2) is 3.72. The fraction of sp³-hybridized carbons (Fsp3) is 0.571. The highest BCUT2D eigenvalue weighted by Crippen LogP contribution is 2.37. The van der Waals surface area contributed by atoms with Gasteiger partial charge in [-0.3, -0.25) is 0 Å². The topological polar surface area (TPSA) is 37.3 Å². The predicted molar refractivity (Wildman–Crippen MR) is 44.8 cm³/mol. The normalized spacial score (nSPS) is 13.3. The molecule has 10 heavy (non-hydrogen) atoms. The van der Waals surface area contributed by atoms with Gasteiger partial charge >= 0.3 is 5.97 Å². The maximum atomic E-state index is 10.4. The van der Waals surface area contributed by atoms with E-state index in [1.165, 1.54) is 0 Å². The molecule has 58 valence electrons. The summed E-state index contributed by atoms with van der Waals surface area (Å²) in [5.41, 5.74) is 0.496. The van der Waals surface area contributed by atoms with Crippen molar-refractivity contribution in [2.24, 2.45) is 0 Å². The summed E-state index contributed by atoms with van der Waals surface area (Å²) in [4.78, 5) is 10.4. The summed E-state index contributed by atoms with van der Waals surface area (Å²) in [6, 6.07) is 0. The van der Waals surface area contributed by atoms with Gasteiger partial charge in [-0.1, -0.05) is 7.92 Å². The maximum Gasteiger partial charge on any atom is 0.331 e. The lowest BCUT2D eigenvalue weighted by molar-refractivity contribution is -0.132. The SMILES string of the molecule is C/C(C(=O)O)=C(/C)P(C)C. The molecule has 1 N–H and O–H groups in total. The number of carboxylic acids is 1. The van der Waals surface area contributed by atoms with Crippen molar-refractivity contribution < 1.29 is 9.90 Å². The Balaban J connectivity index is 4.50. The molecule has 0 fully saturated rings. The Kier molecular flexibility index (Phi) is 3.59. The monoisotopic (exact) mass is 160 g/mol. The first kappa shape index (κ1) is 9.64. The average molecular weight is 160 g/mol. The Morgan fingerprint density at radius 3 is 1.80 bits per heavy atom. The predicted octanol–water partition coefficient (Wildman–Crippen LogP) is 2.11. The molecule has 0 rings (SSSR count). The summed E-state index contributed by atoms with van der Waals surface area (Å²) in [5, 5.41) is 9.57. The Morgan fingerprint density at radius 1 is 1.30 bits per heavy atom. The second-order valence-corrected chi connectivity index (χ2v) is 4.87. The molecule has 0 aromatic heterocycles. The van der Waals surface area contributed by atoms with E-state index >= 15 is 0 Å². The summed E-state index contributed by atoms with van der Waals surface area (Å²) in [5.74, 6) is -0.797. The Labute approximate surface area is 62.7 Å². The third-order valence-corrected chi connectivity index (χ3v) is 3.21. The minimum atomic E-state index is -0.797. The van der Waals surface area contributed by atoms with Crippen molar-refractivity contribution in [3.8, 4) is 0 Å². The van der Waals surface area contributed by atoms with E-state index in [9.17, 15) is 4.79 Å². The number of allylic oxidation sites excluding steroid dienone is 1. The van der Waals surface area contributed by atoms with Crippen LogP contribution in [0.25, 0.3) is 0 Å². The van der Waals surface area contributed by atoms with Crippen LogP contribution in [0.5, 0.6) is 0 Å². The van der Waals surface area contributed by atoms with Crippen molar-refractivity contribution in [1.82, 2.24) is 0 Å². The summed E-state index contributed by atoms with van der Waals surface area (Å²) < 4.78 is 0. The molecule has 0 unspecified atom stereocenters. The minimum absolute atomic E-state index is 0.235. The van der Waals surface area contributed by atoms with Gasteiger partial charge in [0, 0.05) is 5.57 Å². The van der Waals surface area contributed by atoms with Crippen LogP contribution in [0.4, 0.5) is 0 Å². The van der Waals surface area contributed by atoms with Crippen LogP contribution in [0.1, 0.15) is 13.8 Å². The van der Waals surface area contributed by atoms with E-state index in [-0.39, 0.29) is 7.92 Å². The number of aliphatic carboxylic acids is 1. The van der Waals surface area contributed by atoms with Gasteiger partial charge in [0.05, 0.1) is 0 Å². The van der Waals surface area contributed by atoms with Gasteiger partial charge in [-0.2, -0.15) is 0 Å². The molecule has 2 nitrogen and oxygen atoms in total. The van der Waals surface area contributed by atoms with Crippen molar-refractivity contribution in [2.45, 2.75) is 13.8 Å². The summed E-state index contributed by atoms with van der Waals surface area (Å²) in [7, 11) is -0.235. The quantitative estimate of drug-likeness (QED) is 0.496. The number of rotatable bonds is 2. The molecule has 0 radical (unpaired) electrons. The molecule has 0 atom stereocenters. The maximum absolute atomic E-state index is 10.4. The number of hydrogen-bond donors (Lipinski definition) is 1. The minimum Gasteiger partial charge on any atom is -0.478 e. The van der Waals surface area contributed by atoms with Gasteiger partial charge < -0.3 is 5.11 Å². The van der Waals surface area contributed by atoms with Crippen LogP contribution in [-0.2, 0) is 4.79 Å². The molecule has 0 heterocycles. The van der Waals surface area contributed by atoms with Gasteiger partial charge in [-0.05, 0) is 32.5 Å². The van der Waals surface area contributed by atoms with Gasteiger partial charge in [0.15, 0.2) is 0 Å². The molecule has 0 aromatic carbocycles. The van der Waals surface area contributed by atoms with Gasteiger partial charge in [0.25, 0.3) is 0 Å². The molecular weight excluding hydrogens is 147 g/mol. The highest BCUT2D eigenvalue weighted by Gasteiger charge is 2.06. The smallest absolute Gasteiger partial charge is 0.331 e. The van der Waals surface area contributed by atoms with Crippen LogP contribution in [0.2, 0.25) is 0 Å². The molecule has 0 aliphatic rings. The van der Waals surface area contributed by atoms with E-state index < -0.39 is 5.97 Å². The zero-order valence-electron chi connectivity index (χ0n) is 6.80. The largest absolute Gasteiger partial charge is 0.478 e. The highest BCUT2D eigenvalue weighted by molar-refractivity contribution is 7.60. The standard InChI is InChI=1S/C7H13O2P/c1-5(7(8)9)6(2)10(3)4/h1-4H3,(H,8,9)/b6-5+. The Morgan fingerprint density at radius 2 is 1.70 bits per heavy atom. The van der Waals surface area contributed by atoms with E-state index in [1.54, 1.807) is 6.92 Å². The van der Waals surface area contributed by atoms with Crippen molar-refractivity contribution in [2.75, 3.05) is 13.3 Å². The van der Waals surface area contributed by atoms with Crippen LogP contribution in [0.3, 0.4) is 0 Å². The lowest BCUT2D eigenvalue weighted by Crippen LogP contribution is -1.98. The zero-order valence-corrected chi connectivity index (χ0v) is 7.70. The second-order valence-electron chi connectivity index (χ2n) is 2.41. The van der Waals surface area contributed by atoms with Crippen LogP contribution in [0, 0.1) is 0 Å². The Hall–Kier alpha value is -0.360. The fourth-order valence-corrected chi connectivity index (χ4v) is 1.26. The van der Waals surface area contributed by atoms with Gasteiger partial charge in [0.1, 0.15) is 0 Å². The first-order chi connectivity index (χ1) is 4.46. The molecule has 0 aliphatic carbocycles. The van der Waals surface area contributed by atoms with E-state index in [2.05, 4.69) is 13.3 Å². The molecular formula is C7H13O2P.